The highest BCUT2D eigenvalue weighted by molar-refractivity contribution is 5.95. The van der Waals surface area contributed by atoms with Crippen LogP contribution >= 0.6 is 0 Å². The lowest BCUT2D eigenvalue weighted by molar-refractivity contribution is -0.121. The van der Waals surface area contributed by atoms with Crippen molar-refractivity contribution >= 4 is 11.9 Å². The first-order valence-electron chi connectivity index (χ1n) is 7.64. The molecule has 0 spiro atoms. The Morgan fingerprint density at radius 2 is 1.81 bits per heavy atom. The zero-order chi connectivity index (χ0) is 15.7. The number of hydrogen-bond acceptors (Lipinski definition) is 5. The first-order chi connectivity index (χ1) is 10.0. The van der Waals surface area contributed by atoms with Crippen molar-refractivity contribution in [2.45, 2.75) is 20.3 Å². The average Bonchev–Trinajstić information content (AvgIpc) is 2.62. The van der Waals surface area contributed by atoms with Gasteiger partial charge in [0.05, 0.1) is 13.2 Å². The van der Waals surface area contributed by atoms with Crippen LogP contribution in [0.4, 0.5) is 4.79 Å². The van der Waals surface area contributed by atoms with Gasteiger partial charge in [-0.05, 0) is 25.4 Å². The number of aliphatic hydroxyl groups is 1. The predicted octanol–water partition coefficient (Wildman–Crippen LogP) is -0.532. The summed E-state index contributed by atoms with van der Waals surface area (Å²) < 4.78 is 0. The normalized spacial score (nSPS) is 17.5. The van der Waals surface area contributed by atoms with E-state index in [0.717, 1.165) is 32.6 Å². The quantitative estimate of drug-likeness (QED) is 0.614. The molecule has 1 heterocycles. The maximum Gasteiger partial charge on any atom is 0.321 e. The molecule has 7 heteroatoms. The molecule has 1 aliphatic rings. The van der Waals surface area contributed by atoms with Gasteiger partial charge in [-0.1, -0.05) is 13.8 Å². The topological polar surface area (TPSA) is 84.9 Å². The van der Waals surface area contributed by atoms with Crippen molar-refractivity contribution in [1.82, 2.24) is 20.4 Å². The maximum absolute atomic E-state index is 11.8. The number of nitrogens with one attached hydrogen (secondary N) is 2. The van der Waals surface area contributed by atoms with Gasteiger partial charge >= 0.3 is 6.03 Å². The van der Waals surface area contributed by atoms with E-state index >= 15 is 0 Å². The number of carbonyl (C=O) groups is 2. The number of imide groups is 1. The van der Waals surface area contributed by atoms with Crippen molar-refractivity contribution in [3.8, 4) is 0 Å². The van der Waals surface area contributed by atoms with Gasteiger partial charge in [-0.25, -0.2) is 4.79 Å². The molecule has 1 saturated heterocycles. The molecule has 1 fully saturated rings. The van der Waals surface area contributed by atoms with Crippen molar-refractivity contribution in [3.05, 3.63) is 0 Å². The lowest BCUT2D eigenvalue weighted by atomic mass is 10.2. The third-order valence-corrected chi connectivity index (χ3v) is 3.39. The maximum atomic E-state index is 11.8. The van der Waals surface area contributed by atoms with Crippen molar-refractivity contribution in [2.75, 3.05) is 52.4 Å². The highest BCUT2D eigenvalue weighted by Gasteiger charge is 2.17. The second-order valence-electron chi connectivity index (χ2n) is 5.85. The van der Waals surface area contributed by atoms with Gasteiger partial charge in [0.2, 0.25) is 5.91 Å². The van der Waals surface area contributed by atoms with Crippen LogP contribution in [-0.4, -0.2) is 79.3 Å². The van der Waals surface area contributed by atoms with Crippen LogP contribution in [0.25, 0.3) is 0 Å². The molecular formula is C14H28N4O3. The van der Waals surface area contributed by atoms with Crippen LogP contribution < -0.4 is 10.6 Å². The van der Waals surface area contributed by atoms with Crippen LogP contribution in [0.1, 0.15) is 20.3 Å². The van der Waals surface area contributed by atoms with Crippen LogP contribution in [-0.2, 0) is 4.79 Å². The molecule has 7 nitrogen and oxygen atoms in total. The average molecular weight is 300 g/mol. The summed E-state index contributed by atoms with van der Waals surface area (Å²) >= 11 is 0. The van der Waals surface area contributed by atoms with E-state index in [1.165, 1.54) is 0 Å². The molecule has 0 aromatic heterocycles. The number of hydrogen-bond donors (Lipinski definition) is 3. The lowest BCUT2D eigenvalue weighted by Crippen LogP contribution is -2.46. The molecule has 122 valence electrons. The van der Waals surface area contributed by atoms with Gasteiger partial charge in [-0.2, -0.15) is 0 Å². The first kappa shape index (κ1) is 17.9. The predicted molar refractivity (Wildman–Crippen MR) is 81.0 cm³/mol. The Hall–Kier alpha value is -1.18. The van der Waals surface area contributed by atoms with Crippen molar-refractivity contribution in [3.63, 3.8) is 0 Å². The van der Waals surface area contributed by atoms with E-state index < -0.39 is 6.03 Å². The fraction of sp³-hybridized carbons (Fsp3) is 0.857. The fourth-order valence-corrected chi connectivity index (χ4v) is 2.26. The van der Waals surface area contributed by atoms with Crippen molar-refractivity contribution in [1.29, 1.82) is 0 Å². The Morgan fingerprint density at radius 1 is 1.14 bits per heavy atom. The van der Waals surface area contributed by atoms with Gasteiger partial charge in [0.25, 0.3) is 0 Å². The number of nitrogens with zero attached hydrogens (tertiary/aromatic N) is 2. The molecule has 1 rings (SSSR count). The molecule has 0 unspecified atom stereocenters. The minimum Gasteiger partial charge on any atom is -0.395 e. The molecule has 3 amide bonds. The van der Waals surface area contributed by atoms with E-state index in [2.05, 4.69) is 15.5 Å². The first-order valence-corrected chi connectivity index (χ1v) is 7.64. The molecule has 0 radical (unpaired) electrons. The van der Waals surface area contributed by atoms with E-state index in [-0.39, 0.29) is 19.1 Å². The zero-order valence-electron chi connectivity index (χ0n) is 13.1. The Labute approximate surface area is 126 Å². The Kier molecular flexibility index (Phi) is 8.26. The number of amides is 3. The summed E-state index contributed by atoms with van der Waals surface area (Å²) in [6.45, 7) is 9.02. The van der Waals surface area contributed by atoms with Gasteiger partial charge in [0, 0.05) is 26.2 Å². The minimum atomic E-state index is -0.426. The highest BCUT2D eigenvalue weighted by Crippen LogP contribution is 2.02. The Morgan fingerprint density at radius 3 is 2.48 bits per heavy atom. The molecule has 0 aromatic rings. The van der Waals surface area contributed by atoms with Gasteiger partial charge in [0.15, 0.2) is 0 Å². The van der Waals surface area contributed by atoms with Crippen LogP contribution in [0.2, 0.25) is 0 Å². The number of aliphatic hydroxyl groups excluding tert-OH is 1. The second-order valence-corrected chi connectivity index (χ2v) is 5.85. The molecule has 0 saturated carbocycles. The zero-order valence-corrected chi connectivity index (χ0v) is 13.1. The summed E-state index contributed by atoms with van der Waals surface area (Å²) in [5.74, 6) is 0.0841. The largest absolute Gasteiger partial charge is 0.395 e. The SMILES string of the molecule is CC(C)CNC(=O)NC(=O)CN1CCCN(CCO)CC1. The summed E-state index contributed by atoms with van der Waals surface area (Å²) in [7, 11) is 0. The summed E-state index contributed by atoms with van der Waals surface area (Å²) in [6.07, 6.45) is 0.965. The molecule has 0 atom stereocenters. The van der Waals surface area contributed by atoms with Crippen LogP contribution in [0.15, 0.2) is 0 Å². The smallest absolute Gasteiger partial charge is 0.321 e. The van der Waals surface area contributed by atoms with Gasteiger partial charge in [-0.15, -0.1) is 0 Å². The molecule has 1 aliphatic heterocycles. The number of rotatable bonds is 6. The van der Waals surface area contributed by atoms with E-state index in [1.54, 1.807) is 0 Å². The molecule has 21 heavy (non-hydrogen) atoms. The van der Waals surface area contributed by atoms with E-state index in [0.29, 0.717) is 19.0 Å². The molecule has 0 aromatic carbocycles. The monoisotopic (exact) mass is 300 g/mol. The summed E-state index contributed by atoms with van der Waals surface area (Å²) in [5.41, 5.74) is 0. The van der Waals surface area contributed by atoms with Crippen LogP contribution in [0.3, 0.4) is 0 Å². The van der Waals surface area contributed by atoms with Gasteiger partial charge in [-0.3, -0.25) is 19.9 Å². The van der Waals surface area contributed by atoms with E-state index in [4.69, 9.17) is 5.11 Å². The summed E-state index contributed by atoms with van der Waals surface area (Å²) in [5, 5.41) is 14.0. The second kappa shape index (κ2) is 9.70. The van der Waals surface area contributed by atoms with E-state index in [1.807, 2.05) is 18.7 Å². The minimum absolute atomic E-state index is 0.163. The van der Waals surface area contributed by atoms with Crippen LogP contribution in [0, 0.1) is 5.92 Å². The molecule has 0 aliphatic carbocycles. The number of urea groups is 1. The van der Waals surface area contributed by atoms with Crippen LogP contribution in [0.5, 0.6) is 0 Å². The Balaban J connectivity index is 2.26. The molecule has 0 bridgehead atoms. The standard InChI is InChI=1S/C14H28N4O3/c1-12(2)10-15-14(21)16-13(20)11-18-5-3-4-17(6-7-18)8-9-19/h12,19H,3-11H2,1-2H3,(H2,15,16,20,21). The third kappa shape index (κ3) is 7.99. The van der Waals surface area contributed by atoms with Gasteiger partial charge in [0.1, 0.15) is 0 Å². The Bertz CT molecular complexity index is 336. The van der Waals surface area contributed by atoms with Crippen molar-refractivity contribution < 1.29 is 14.7 Å². The molecule has 3 N–H and O–H groups in total. The third-order valence-electron chi connectivity index (χ3n) is 3.39. The van der Waals surface area contributed by atoms with Crippen molar-refractivity contribution in [2.24, 2.45) is 5.92 Å². The highest BCUT2D eigenvalue weighted by atomic mass is 16.3. The van der Waals surface area contributed by atoms with E-state index in [9.17, 15) is 9.59 Å². The number of β-amino-alcohol motifs (C(OH)–C–C–N with tert-alkyl or cyclic N) is 1. The summed E-state index contributed by atoms with van der Waals surface area (Å²) in [6, 6.07) is -0.426. The number of carbonyl (C=O) groups excluding carboxylic acids is 2. The molecular weight excluding hydrogens is 272 g/mol. The summed E-state index contributed by atoms with van der Waals surface area (Å²) in [4.78, 5) is 27.6. The van der Waals surface area contributed by atoms with Gasteiger partial charge < -0.3 is 10.4 Å². The fourth-order valence-electron chi connectivity index (χ4n) is 2.26. The lowest BCUT2D eigenvalue weighted by Gasteiger charge is -2.20.